The van der Waals surface area contributed by atoms with Crippen LogP contribution in [0.2, 0.25) is 0 Å². The van der Waals surface area contributed by atoms with Crippen molar-refractivity contribution in [2.24, 2.45) is 17.8 Å². The summed E-state index contributed by atoms with van der Waals surface area (Å²) in [7, 11) is 0. The third-order valence-electron chi connectivity index (χ3n) is 10.6. The molecule has 2 unspecified atom stereocenters. The highest BCUT2D eigenvalue weighted by Crippen LogP contribution is 2.41. The number of amides is 4. The van der Waals surface area contributed by atoms with E-state index in [2.05, 4.69) is 20.9 Å². The van der Waals surface area contributed by atoms with E-state index in [-0.39, 0.29) is 99.4 Å². The molecular weight excluding hydrogens is 743 g/mol. The lowest BCUT2D eigenvalue weighted by Gasteiger charge is -2.28. The molecule has 2 aliphatic rings. The first-order valence-corrected chi connectivity index (χ1v) is 20.3. The first kappa shape index (κ1) is 43.6. The van der Waals surface area contributed by atoms with Crippen LogP contribution in [0.1, 0.15) is 91.0 Å². The van der Waals surface area contributed by atoms with Gasteiger partial charge in [0.25, 0.3) is 0 Å². The number of Topliss-reactive ketones (excluding diaryl/α,β-unsaturated/α-hetero) is 2. The largest absolute Gasteiger partial charge is 0.480 e. The van der Waals surface area contributed by atoms with Crippen molar-refractivity contribution in [2.45, 2.75) is 105 Å². The molecule has 1 saturated heterocycles. The van der Waals surface area contributed by atoms with Gasteiger partial charge >= 0.3 is 5.97 Å². The summed E-state index contributed by atoms with van der Waals surface area (Å²) in [4.78, 5) is 91.3. The second-order valence-corrected chi connectivity index (χ2v) is 15.9. The second kappa shape index (κ2) is 20.2. The number of para-hydroxylation sites is 1. The van der Waals surface area contributed by atoms with Crippen molar-refractivity contribution in [1.29, 1.82) is 0 Å². The molecule has 58 heavy (non-hydrogen) atoms. The second-order valence-electron chi connectivity index (χ2n) is 15.9. The van der Waals surface area contributed by atoms with E-state index in [4.69, 9.17) is 0 Å². The minimum absolute atomic E-state index is 0.00997. The van der Waals surface area contributed by atoms with Gasteiger partial charge in [0.15, 0.2) is 5.78 Å². The van der Waals surface area contributed by atoms with Crippen molar-refractivity contribution >= 4 is 46.9 Å². The predicted octanol–water partition coefficient (Wildman–Crippen LogP) is 4.56. The van der Waals surface area contributed by atoms with Crippen LogP contribution in [0.5, 0.6) is 0 Å². The van der Waals surface area contributed by atoms with E-state index in [0.717, 1.165) is 27.3 Å². The van der Waals surface area contributed by atoms with Crippen LogP contribution in [0.3, 0.4) is 0 Å². The molecule has 5 rings (SSSR count). The lowest BCUT2D eigenvalue weighted by atomic mass is 9.94. The molecule has 310 valence electrons. The van der Waals surface area contributed by atoms with Crippen LogP contribution in [-0.4, -0.2) is 91.8 Å². The molecule has 0 saturated carbocycles. The van der Waals surface area contributed by atoms with Crippen LogP contribution in [0.4, 0.5) is 5.69 Å². The van der Waals surface area contributed by atoms with Crippen LogP contribution in [-0.2, 0) is 46.7 Å². The maximum Gasteiger partial charge on any atom is 0.326 e. The van der Waals surface area contributed by atoms with Gasteiger partial charge in [0, 0.05) is 55.7 Å². The molecule has 3 N–H and O–H groups in total. The number of fused-ring (bicyclic) bond motifs is 5. The average Bonchev–Trinajstić information content (AvgIpc) is 3.71. The number of imide groups is 1. The number of carbonyl (C=O) groups excluding carboxylic acids is 6. The number of hydrogen-bond acceptors (Lipinski definition) is 10. The Kier molecular flexibility index (Phi) is 15.2. The molecule has 0 radical (unpaired) electrons. The number of hydrogen-bond donors (Lipinski definition) is 3. The Balaban J connectivity index is 1.07. The van der Waals surface area contributed by atoms with E-state index in [1.54, 1.807) is 9.58 Å². The Morgan fingerprint density at radius 1 is 0.879 bits per heavy atom. The Hall–Kier alpha value is -5.57. The van der Waals surface area contributed by atoms with Gasteiger partial charge in [-0.1, -0.05) is 75.4 Å². The molecule has 0 spiro atoms. The maximum atomic E-state index is 13.9. The number of carboxylic acids is 1. The normalized spacial score (nSPS) is 15.4. The zero-order valence-electron chi connectivity index (χ0n) is 33.9. The summed E-state index contributed by atoms with van der Waals surface area (Å²) >= 11 is 0. The molecule has 2 aliphatic heterocycles. The molecule has 2 aromatic carbocycles. The van der Waals surface area contributed by atoms with E-state index in [1.807, 2.05) is 76.2 Å². The predicted molar refractivity (Wildman–Crippen MR) is 216 cm³/mol. The van der Waals surface area contributed by atoms with E-state index in [9.17, 15) is 38.7 Å². The third-order valence-corrected chi connectivity index (χ3v) is 10.6. The fraction of sp³-hybridized carbons (Fsp3) is 0.512. The fourth-order valence-electron chi connectivity index (χ4n) is 7.52. The summed E-state index contributed by atoms with van der Waals surface area (Å²) in [6.07, 6.45) is 2.31. The van der Waals surface area contributed by atoms with Gasteiger partial charge < -0.3 is 20.6 Å². The number of unbranched alkanes of at least 4 members (excludes halogenated alkanes) is 1. The Morgan fingerprint density at radius 3 is 2.31 bits per heavy atom. The number of nitrogens with zero attached hydrogens (tertiary/aromatic N) is 5. The van der Waals surface area contributed by atoms with Gasteiger partial charge in [0.1, 0.15) is 24.1 Å². The minimum Gasteiger partial charge on any atom is -0.480 e. The van der Waals surface area contributed by atoms with Crippen molar-refractivity contribution < 1.29 is 38.7 Å². The first-order chi connectivity index (χ1) is 27.7. The summed E-state index contributed by atoms with van der Waals surface area (Å²) in [5.74, 6) is -2.62. The van der Waals surface area contributed by atoms with Crippen LogP contribution in [0, 0.1) is 17.8 Å². The molecule has 1 aromatic heterocycles. The van der Waals surface area contributed by atoms with Crippen LogP contribution in [0.25, 0.3) is 22.5 Å². The Bertz CT molecular complexity index is 2010. The minimum atomic E-state index is -1.18. The summed E-state index contributed by atoms with van der Waals surface area (Å²) in [6.45, 7) is 8.62. The van der Waals surface area contributed by atoms with Gasteiger partial charge in [-0.2, -0.15) is 0 Å². The molecular formula is C43H55N7O8. The summed E-state index contributed by atoms with van der Waals surface area (Å²) < 4.78 is 1.66. The lowest BCUT2D eigenvalue weighted by molar-refractivity contribution is -0.143. The third kappa shape index (κ3) is 11.1. The van der Waals surface area contributed by atoms with E-state index >= 15 is 0 Å². The van der Waals surface area contributed by atoms with Crippen molar-refractivity contribution in [2.75, 3.05) is 24.5 Å². The first-order valence-electron chi connectivity index (χ1n) is 20.3. The van der Waals surface area contributed by atoms with Crippen LogP contribution < -0.4 is 15.5 Å². The number of aromatic nitrogens is 3. The molecule has 4 amide bonds. The van der Waals surface area contributed by atoms with Crippen LogP contribution in [0.15, 0.2) is 48.5 Å². The molecule has 1 fully saturated rings. The SMILES string of the molecule is CC(C)CC(=O)Cn1nnc2c1-c1ccccc1CN(C(=O)CCCC(=O)CNCCCCC(NC(=O)CCN1C(=O)CC(C(C)C)C1=O)C(=O)O)c1ccccc1-2. The number of ketones is 2. The summed E-state index contributed by atoms with van der Waals surface area (Å²) in [6, 6.07) is 14.1. The van der Waals surface area contributed by atoms with Gasteiger partial charge in [0.05, 0.1) is 24.5 Å². The van der Waals surface area contributed by atoms with Gasteiger partial charge in [-0.25, -0.2) is 9.48 Å². The van der Waals surface area contributed by atoms with Gasteiger partial charge in [-0.3, -0.25) is 33.7 Å². The maximum absolute atomic E-state index is 13.9. The highest BCUT2D eigenvalue weighted by molar-refractivity contribution is 6.04. The highest BCUT2D eigenvalue weighted by Gasteiger charge is 2.40. The van der Waals surface area contributed by atoms with Gasteiger partial charge in [0.2, 0.25) is 23.6 Å². The molecule has 15 nitrogen and oxygen atoms in total. The number of rotatable bonds is 21. The van der Waals surface area contributed by atoms with Crippen LogP contribution >= 0.6 is 0 Å². The molecule has 15 heteroatoms. The van der Waals surface area contributed by atoms with Crippen molar-refractivity contribution in [3.8, 4) is 22.5 Å². The zero-order chi connectivity index (χ0) is 41.9. The molecule has 3 aromatic rings. The molecule has 3 heterocycles. The average molecular weight is 798 g/mol. The van der Waals surface area contributed by atoms with Crippen molar-refractivity contribution in [1.82, 2.24) is 30.5 Å². The monoisotopic (exact) mass is 797 g/mol. The number of benzene rings is 2. The number of aliphatic carboxylic acids is 1. The Morgan fingerprint density at radius 2 is 1.60 bits per heavy atom. The quantitative estimate of drug-likeness (QED) is 0.101. The number of anilines is 1. The fourth-order valence-corrected chi connectivity index (χ4v) is 7.52. The van der Waals surface area contributed by atoms with Crippen molar-refractivity contribution in [3.05, 3.63) is 54.1 Å². The lowest BCUT2D eigenvalue weighted by Crippen LogP contribution is -2.42. The van der Waals surface area contributed by atoms with Gasteiger partial charge in [-0.05, 0) is 55.7 Å². The van der Waals surface area contributed by atoms with Crippen molar-refractivity contribution in [3.63, 3.8) is 0 Å². The zero-order valence-corrected chi connectivity index (χ0v) is 33.9. The number of nitrogens with one attached hydrogen (secondary N) is 2. The van der Waals surface area contributed by atoms with Gasteiger partial charge in [-0.15, -0.1) is 5.10 Å². The standard InChI is InChI=1S/C43H55N7O8/c1-27(2)22-31(52)26-50-41-32-14-6-5-12-29(32)25-49(36-17-8-7-15-33(36)40(41)46-47-50)38(54)18-11-13-30(51)24-44-20-10-9-16-35(43(57)58)45-37(53)19-21-48-39(55)23-34(28(3)4)42(48)56/h5-8,12,14-15,17,27-28,34-35,44H,9-11,13,16,18-26H2,1-4H3,(H,45,53)(H,57,58). The molecule has 2 atom stereocenters. The Labute approximate surface area is 338 Å². The topological polar surface area (TPSA) is 201 Å². The van der Waals surface area contributed by atoms with E-state index < -0.39 is 23.8 Å². The molecule has 0 aliphatic carbocycles. The van der Waals surface area contributed by atoms with E-state index in [0.29, 0.717) is 43.6 Å². The smallest absolute Gasteiger partial charge is 0.326 e. The highest BCUT2D eigenvalue weighted by atomic mass is 16.4. The number of likely N-dealkylation sites (tertiary alicyclic amines) is 1. The van der Waals surface area contributed by atoms with E-state index in [1.165, 1.54) is 0 Å². The number of carbonyl (C=O) groups is 7. The summed E-state index contributed by atoms with van der Waals surface area (Å²) in [5, 5.41) is 24.1. The summed E-state index contributed by atoms with van der Waals surface area (Å²) in [5.41, 5.74) is 4.47. The molecule has 0 bridgehead atoms. The number of carboxylic acid groups (broad SMARTS) is 1.